The summed E-state index contributed by atoms with van der Waals surface area (Å²) in [4.78, 5) is 16.2. The van der Waals surface area contributed by atoms with E-state index in [1.54, 1.807) is 35.1 Å². The molecule has 2 amide bonds. The predicted octanol–water partition coefficient (Wildman–Crippen LogP) is 3.24. The number of para-hydroxylation sites is 1. The van der Waals surface area contributed by atoms with Crippen molar-refractivity contribution in [1.29, 1.82) is 5.26 Å². The van der Waals surface area contributed by atoms with E-state index in [0.29, 0.717) is 31.6 Å². The van der Waals surface area contributed by atoms with Gasteiger partial charge in [-0.1, -0.05) is 48.5 Å². The second-order valence-electron chi connectivity index (χ2n) is 6.92. The number of rotatable bonds is 5. The number of nitriles is 1. The summed E-state index contributed by atoms with van der Waals surface area (Å²) in [6, 6.07) is 19.9. The molecule has 0 atom stereocenters. The van der Waals surface area contributed by atoms with Gasteiger partial charge in [-0.15, -0.1) is 0 Å². The van der Waals surface area contributed by atoms with Crippen LogP contribution in [0.15, 0.2) is 60.7 Å². The number of urea groups is 1. The minimum Gasteiger partial charge on any atom is -0.299 e. The maximum atomic E-state index is 12.8. The monoisotopic (exact) mass is 432 g/mol. The number of nitrogens with one attached hydrogen (secondary N) is 1. The minimum absolute atomic E-state index is 0.376. The zero-order valence-corrected chi connectivity index (χ0v) is 17.2. The van der Waals surface area contributed by atoms with E-state index in [0.717, 1.165) is 6.54 Å². The normalized spacial score (nSPS) is 16.6. The van der Waals surface area contributed by atoms with Crippen molar-refractivity contribution in [2.24, 2.45) is 0 Å². The average Bonchev–Trinajstić information content (AvgIpc) is 2.70. The first-order chi connectivity index (χ1) is 13.8. The molecular weight excluding hydrogens is 412 g/mol. The third kappa shape index (κ3) is 5.26. The van der Waals surface area contributed by atoms with Crippen LogP contribution in [0.5, 0.6) is 0 Å². The molecule has 0 aromatic heterocycles. The van der Waals surface area contributed by atoms with Gasteiger partial charge in [-0.3, -0.25) is 9.80 Å². The molecule has 7 nitrogen and oxygen atoms in total. The highest BCUT2D eigenvalue weighted by Gasteiger charge is 2.44. The van der Waals surface area contributed by atoms with Gasteiger partial charge < -0.3 is 0 Å². The molecule has 29 heavy (non-hydrogen) atoms. The lowest BCUT2D eigenvalue weighted by Crippen LogP contribution is -2.59. The Kier molecular flexibility index (Phi) is 6.42. The number of carbonyl (C=O) groups is 1. The second-order valence-corrected chi connectivity index (χ2v) is 9.22. The van der Waals surface area contributed by atoms with Crippen molar-refractivity contribution in [1.82, 2.24) is 9.62 Å². The Morgan fingerprint density at radius 1 is 1.10 bits per heavy atom. The van der Waals surface area contributed by atoms with Crippen LogP contribution in [-0.2, 0) is 15.8 Å². The van der Waals surface area contributed by atoms with E-state index in [2.05, 4.69) is 11.0 Å². The standard InChI is InChI=1S/C20H21ClN4O3S/c21-29(27,28)23-19(26)25(18-9-5-2-6-10-18)20(16-22)11-13-24(14-12-20)15-17-7-3-1-4-8-17/h1-10H,11-15H2,(H,23,26). The second kappa shape index (κ2) is 8.82. The number of hydrogen-bond donors (Lipinski definition) is 1. The first kappa shape index (κ1) is 21.1. The SMILES string of the molecule is N#CC1(N(C(=O)NS(=O)(=O)Cl)c2ccccc2)CCN(Cc2ccccc2)CC1. The Hall–Kier alpha value is -2.60. The fourth-order valence-electron chi connectivity index (χ4n) is 3.59. The van der Waals surface area contributed by atoms with Gasteiger partial charge in [-0.05, 0) is 30.5 Å². The van der Waals surface area contributed by atoms with Crippen molar-refractivity contribution in [2.75, 3.05) is 18.0 Å². The fourth-order valence-corrected chi connectivity index (χ4v) is 4.09. The first-order valence-corrected chi connectivity index (χ1v) is 11.4. The quantitative estimate of drug-likeness (QED) is 0.732. The van der Waals surface area contributed by atoms with Gasteiger partial charge in [0.15, 0.2) is 0 Å². The lowest BCUT2D eigenvalue weighted by atomic mass is 9.86. The number of likely N-dealkylation sites (tertiary alicyclic amines) is 1. The van der Waals surface area contributed by atoms with E-state index >= 15 is 0 Å². The predicted molar refractivity (Wildman–Crippen MR) is 112 cm³/mol. The molecule has 152 valence electrons. The summed E-state index contributed by atoms with van der Waals surface area (Å²) in [6.45, 7) is 1.93. The van der Waals surface area contributed by atoms with Gasteiger partial charge >= 0.3 is 15.3 Å². The smallest absolute Gasteiger partial charge is 0.299 e. The van der Waals surface area contributed by atoms with Crippen molar-refractivity contribution in [3.05, 3.63) is 66.2 Å². The third-order valence-corrected chi connectivity index (χ3v) is 5.64. The molecule has 0 radical (unpaired) electrons. The Morgan fingerprint density at radius 2 is 1.66 bits per heavy atom. The first-order valence-electron chi connectivity index (χ1n) is 9.12. The van der Waals surface area contributed by atoms with Crippen LogP contribution < -0.4 is 9.62 Å². The molecule has 2 aromatic rings. The van der Waals surface area contributed by atoms with Gasteiger partial charge in [-0.2, -0.15) is 13.7 Å². The van der Waals surface area contributed by atoms with E-state index in [1.807, 2.05) is 30.3 Å². The summed E-state index contributed by atoms with van der Waals surface area (Å²) in [5, 5.41) is 10.0. The van der Waals surface area contributed by atoms with Crippen molar-refractivity contribution in [3.8, 4) is 6.07 Å². The van der Waals surface area contributed by atoms with Gasteiger partial charge in [0, 0.05) is 36.0 Å². The van der Waals surface area contributed by atoms with Crippen LogP contribution in [0.4, 0.5) is 10.5 Å². The molecule has 1 fully saturated rings. The molecule has 9 heteroatoms. The Balaban J connectivity index is 1.84. The Labute approximate surface area is 175 Å². The van der Waals surface area contributed by atoms with Crippen LogP contribution in [0.3, 0.4) is 0 Å². The van der Waals surface area contributed by atoms with Gasteiger partial charge in [0.1, 0.15) is 5.54 Å². The van der Waals surface area contributed by atoms with E-state index in [9.17, 15) is 18.5 Å². The van der Waals surface area contributed by atoms with Crippen molar-refractivity contribution in [3.63, 3.8) is 0 Å². The zero-order chi connectivity index (χ0) is 20.9. The molecule has 1 heterocycles. The lowest BCUT2D eigenvalue weighted by molar-refractivity contribution is 0.175. The average molecular weight is 433 g/mol. The molecule has 1 N–H and O–H groups in total. The van der Waals surface area contributed by atoms with Crippen LogP contribution >= 0.6 is 10.7 Å². The molecular formula is C20H21ClN4O3S. The molecule has 0 bridgehead atoms. The number of nitrogens with zero attached hydrogens (tertiary/aromatic N) is 3. The number of benzene rings is 2. The summed E-state index contributed by atoms with van der Waals surface area (Å²) >= 11 is 0. The Bertz CT molecular complexity index is 985. The summed E-state index contributed by atoms with van der Waals surface area (Å²) in [6.07, 6.45) is 0.752. The van der Waals surface area contributed by atoms with Gasteiger partial charge in [0.2, 0.25) is 0 Å². The van der Waals surface area contributed by atoms with Crippen LogP contribution in [0.2, 0.25) is 0 Å². The number of halogens is 1. The third-order valence-electron chi connectivity index (χ3n) is 5.00. The molecule has 2 aromatic carbocycles. The minimum atomic E-state index is -4.29. The largest absolute Gasteiger partial charge is 0.337 e. The number of hydrogen-bond acceptors (Lipinski definition) is 5. The highest BCUT2D eigenvalue weighted by Crippen LogP contribution is 2.33. The van der Waals surface area contributed by atoms with Crippen molar-refractivity contribution >= 4 is 31.6 Å². The number of amides is 2. The van der Waals surface area contributed by atoms with Crippen LogP contribution in [0.25, 0.3) is 0 Å². The number of piperidine rings is 1. The van der Waals surface area contributed by atoms with E-state index in [1.165, 1.54) is 10.5 Å². The van der Waals surface area contributed by atoms with E-state index in [4.69, 9.17) is 10.7 Å². The highest BCUT2D eigenvalue weighted by atomic mass is 35.7. The Morgan fingerprint density at radius 3 is 2.17 bits per heavy atom. The van der Waals surface area contributed by atoms with Crippen molar-refractivity contribution < 1.29 is 13.2 Å². The van der Waals surface area contributed by atoms with Crippen molar-refractivity contribution in [2.45, 2.75) is 24.9 Å². The zero-order valence-electron chi connectivity index (χ0n) is 15.7. The molecule has 3 rings (SSSR count). The summed E-state index contributed by atoms with van der Waals surface area (Å²) < 4.78 is 24.6. The van der Waals surface area contributed by atoms with Gasteiger partial charge in [0.25, 0.3) is 0 Å². The maximum absolute atomic E-state index is 12.8. The molecule has 0 unspecified atom stereocenters. The van der Waals surface area contributed by atoms with E-state index in [-0.39, 0.29) is 0 Å². The summed E-state index contributed by atoms with van der Waals surface area (Å²) in [7, 11) is 0.933. The summed E-state index contributed by atoms with van der Waals surface area (Å²) in [5.74, 6) is 0. The topological polar surface area (TPSA) is 93.5 Å². The molecule has 0 aliphatic carbocycles. The van der Waals surface area contributed by atoms with Gasteiger partial charge in [0.05, 0.1) is 6.07 Å². The summed E-state index contributed by atoms with van der Waals surface area (Å²) in [5.41, 5.74) is 0.423. The number of carbonyl (C=O) groups excluding carboxylic acids is 1. The number of anilines is 1. The van der Waals surface area contributed by atoms with Crippen LogP contribution in [-0.4, -0.2) is 38.0 Å². The molecule has 0 spiro atoms. The van der Waals surface area contributed by atoms with Crippen LogP contribution in [0.1, 0.15) is 18.4 Å². The molecule has 0 saturated carbocycles. The van der Waals surface area contributed by atoms with Crippen LogP contribution in [0, 0.1) is 11.3 Å². The highest BCUT2D eigenvalue weighted by molar-refractivity contribution is 8.12. The maximum Gasteiger partial charge on any atom is 0.337 e. The van der Waals surface area contributed by atoms with E-state index < -0.39 is 20.8 Å². The fraction of sp³-hybridized carbons (Fsp3) is 0.300. The lowest BCUT2D eigenvalue weighted by Gasteiger charge is -2.44. The van der Waals surface area contributed by atoms with Gasteiger partial charge in [-0.25, -0.2) is 9.52 Å². The molecule has 1 aliphatic heterocycles. The molecule has 1 saturated heterocycles. The molecule has 1 aliphatic rings.